The highest BCUT2D eigenvalue weighted by molar-refractivity contribution is 6.02. The topological polar surface area (TPSA) is 131 Å². The monoisotopic (exact) mass is 485 g/mol. The normalized spacial score (nSPS) is 12.0. The van der Waals surface area contributed by atoms with E-state index in [1.54, 1.807) is 47.2 Å². The van der Waals surface area contributed by atoms with Crippen LogP contribution in [0.1, 0.15) is 5.56 Å². The third-order valence-corrected chi connectivity index (χ3v) is 5.31. The van der Waals surface area contributed by atoms with E-state index in [0.717, 1.165) is 5.56 Å². The number of anilines is 1. The minimum Gasteiger partial charge on any atom is -0.466 e. The molecule has 0 fully saturated rings. The first-order chi connectivity index (χ1) is 17.5. The first-order valence-corrected chi connectivity index (χ1v) is 10.8. The Kier molecular flexibility index (Phi) is 6.02. The number of ether oxygens (including phenoxy) is 3. The molecule has 0 radical (unpaired) electrons. The fraction of sp³-hybridized carbons (Fsp3) is 0.0800. The van der Waals surface area contributed by atoms with E-state index >= 15 is 0 Å². The van der Waals surface area contributed by atoms with Crippen molar-refractivity contribution in [2.75, 3.05) is 19.2 Å². The Bertz CT molecular complexity index is 1460. The van der Waals surface area contributed by atoms with Gasteiger partial charge in [-0.05, 0) is 66.2 Å². The highest BCUT2D eigenvalue weighted by Gasteiger charge is 2.19. The maximum Gasteiger partial charge on any atom is 0.336 e. The molecule has 1 aliphatic heterocycles. The Morgan fingerprint density at radius 3 is 2.56 bits per heavy atom. The van der Waals surface area contributed by atoms with Crippen LogP contribution in [0.5, 0.6) is 17.5 Å². The number of carbonyl (C=O) groups excluding carboxylic acids is 1. The highest BCUT2D eigenvalue weighted by atomic mass is 16.7. The lowest BCUT2D eigenvalue weighted by Crippen LogP contribution is -2.08. The van der Waals surface area contributed by atoms with Crippen molar-refractivity contribution in [1.29, 1.82) is 0 Å². The number of amides is 1. The van der Waals surface area contributed by atoms with Gasteiger partial charge in [-0.2, -0.15) is 4.98 Å². The lowest BCUT2D eigenvalue weighted by Gasteiger charge is -2.08. The van der Waals surface area contributed by atoms with Gasteiger partial charge in [-0.25, -0.2) is 4.68 Å². The number of non-ortho nitro benzene ring substituents is 1. The molecule has 180 valence electrons. The molecule has 0 bridgehead atoms. The van der Waals surface area contributed by atoms with Crippen LogP contribution < -0.4 is 19.5 Å². The smallest absolute Gasteiger partial charge is 0.336 e. The summed E-state index contributed by atoms with van der Waals surface area (Å²) in [7, 11) is 1.49. The van der Waals surface area contributed by atoms with Crippen LogP contribution in [0.25, 0.3) is 23.2 Å². The molecule has 0 atom stereocenters. The predicted molar refractivity (Wildman–Crippen MR) is 130 cm³/mol. The second-order valence-corrected chi connectivity index (χ2v) is 7.62. The van der Waals surface area contributed by atoms with Crippen LogP contribution >= 0.6 is 0 Å². The lowest BCUT2D eigenvalue weighted by atomic mass is 10.2. The maximum absolute atomic E-state index is 12.3. The van der Waals surface area contributed by atoms with Crippen LogP contribution in [0.15, 0.2) is 72.8 Å². The van der Waals surface area contributed by atoms with Gasteiger partial charge in [0.2, 0.25) is 12.7 Å². The second-order valence-electron chi connectivity index (χ2n) is 7.62. The number of nitrogens with zero attached hydrogens (tertiary/aromatic N) is 4. The Morgan fingerprint density at radius 1 is 1.08 bits per heavy atom. The molecule has 2 heterocycles. The zero-order chi connectivity index (χ0) is 25.1. The largest absolute Gasteiger partial charge is 0.466 e. The molecule has 36 heavy (non-hydrogen) atoms. The van der Waals surface area contributed by atoms with E-state index in [2.05, 4.69) is 15.4 Å². The van der Waals surface area contributed by atoms with Crippen molar-refractivity contribution in [2.45, 2.75) is 0 Å². The molecular formula is C25H19N5O6. The summed E-state index contributed by atoms with van der Waals surface area (Å²) in [6, 6.07) is 18.7. The van der Waals surface area contributed by atoms with Crippen molar-refractivity contribution < 1.29 is 23.9 Å². The van der Waals surface area contributed by atoms with Crippen LogP contribution in [-0.4, -0.2) is 39.5 Å². The number of hydrogen-bond donors (Lipinski definition) is 1. The van der Waals surface area contributed by atoms with Gasteiger partial charge in [0.05, 0.1) is 17.7 Å². The van der Waals surface area contributed by atoms with Gasteiger partial charge in [0.25, 0.3) is 5.69 Å². The summed E-state index contributed by atoms with van der Waals surface area (Å²) in [5.41, 5.74) is 2.71. The summed E-state index contributed by atoms with van der Waals surface area (Å²) in [4.78, 5) is 27.0. The average molecular weight is 485 g/mol. The van der Waals surface area contributed by atoms with Crippen molar-refractivity contribution in [3.8, 4) is 34.6 Å². The van der Waals surface area contributed by atoms with Gasteiger partial charge >= 0.3 is 6.01 Å². The number of rotatable bonds is 7. The summed E-state index contributed by atoms with van der Waals surface area (Å²) in [5, 5.41) is 17.9. The lowest BCUT2D eigenvalue weighted by molar-refractivity contribution is -0.384. The van der Waals surface area contributed by atoms with Crippen molar-refractivity contribution >= 4 is 23.4 Å². The molecule has 4 aromatic rings. The maximum atomic E-state index is 12.3. The van der Waals surface area contributed by atoms with Gasteiger partial charge in [0.1, 0.15) is 0 Å². The summed E-state index contributed by atoms with van der Waals surface area (Å²) in [6.45, 7) is 0.172. The predicted octanol–water partition coefficient (Wildman–Crippen LogP) is 4.23. The molecule has 1 aliphatic rings. The highest BCUT2D eigenvalue weighted by Crippen LogP contribution is 2.36. The number of hydrogen-bond acceptors (Lipinski definition) is 8. The third-order valence-electron chi connectivity index (χ3n) is 5.31. The fourth-order valence-corrected chi connectivity index (χ4v) is 3.53. The van der Waals surface area contributed by atoms with E-state index < -0.39 is 4.92 Å². The first-order valence-electron chi connectivity index (χ1n) is 10.8. The first kappa shape index (κ1) is 22.6. The van der Waals surface area contributed by atoms with Crippen LogP contribution in [0.3, 0.4) is 0 Å². The summed E-state index contributed by atoms with van der Waals surface area (Å²) >= 11 is 0. The summed E-state index contributed by atoms with van der Waals surface area (Å²) < 4.78 is 17.7. The molecule has 1 amide bonds. The number of nitro groups is 1. The van der Waals surface area contributed by atoms with E-state index in [4.69, 9.17) is 14.2 Å². The number of nitro benzene ring substituents is 1. The summed E-state index contributed by atoms with van der Waals surface area (Å²) in [5.74, 6) is 1.50. The van der Waals surface area contributed by atoms with E-state index in [-0.39, 0.29) is 24.4 Å². The Hall–Kier alpha value is -5.19. The van der Waals surface area contributed by atoms with Gasteiger partial charge < -0.3 is 19.5 Å². The number of nitrogens with one attached hydrogen (secondary N) is 1. The SMILES string of the molecule is COc1nc(-c2ccc3c(c2)OCO3)n(-c2ccc(NC(=O)/C=C/c3ccc([N+](=O)[O-])cc3)cc2)n1. The molecule has 0 unspecified atom stereocenters. The van der Waals surface area contributed by atoms with E-state index in [0.29, 0.717) is 34.3 Å². The molecule has 5 rings (SSSR count). The van der Waals surface area contributed by atoms with Crippen molar-refractivity contribution in [3.05, 3.63) is 88.5 Å². The Balaban J connectivity index is 1.31. The van der Waals surface area contributed by atoms with Gasteiger partial charge in [-0.15, -0.1) is 5.10 Å². The van der Waals surface area contributed by atoms with Crippen LogP contribution in [0.2, 0.25) is 0 Å². The minimum absolute atomic E-state index is 0.0108. The second kappa shape index (κ2) is 9.58. The van der Waals surface area contributed by atoms with Crippen molar-refractivity contribution in [2.24, 2.45) is 0 Å². The molecule has 1 N–H and O–H groups in total. The standard InChI is InChI=1S/C25H19N5O6/c1-34-25-27-24(17-5-12-21-22(14-17)36-15-35-21)29(28-25)19-10-6-18(7-11-19)26-23(31)13-4-16-2-8-20(9-3-16)30(32)33/h2-14H,15H2,1H3,(H,26,31)/b13-4+. The third kappa shape index (κ3) is 4.71. The molecule has 0 aliphatic carbocycles. The molecule has 1 aromatic heterocycles. The van der Waals surface area contributed by atoms with Gasteiger partial charge in [0.15, 0.2) is 17.3 Å². The van der Waals surface area contributed by atoms with E-state index in [1.165, 1.54) is 25.3 Å². The quantitative estimate of drug-likeness (QED) is 0.234. The fourth-order valence-electron chi connectivity index (χ4n) is 3.53. The van der Waals surface area contributed by atoms with Gasteiger partial charge in [-0.1, -0.05) is 0 Å². The van der Waals surface area contributed by atoms with E-state index in [1.807, 2.05) is 18.2 Å². The Labute approximate surface area is 204 Å². The zero-order valence-electron chi connectivity index (χ0n) is 19.0. The zero-order valence-corrected chi connectivity index (χ0v) is 19.0. The average Bonchev–Trinajstić information content (AvgIpc) is 3.55. The number of aromatic nitrogens is 3. The molecule has 0 saturated carbocycles. The minimum atomic E-state index is -0.475. The van der Waals surface area contributed by atoms with Crippen LogP contribution in [0.4, 0.5) is 11.4 Å². The number of carbonyl (C=O) groups is 1. The van der Waals surface area contributed by atoms with Crippen LogP contribution in [0, 0.1) is 10.1 Å². The van der Waals surface area contributed by atoms with Crippen LogP contribution in [-0.2, 0) is 4.79 Å². The van der Waals surface area contributed by atoms with Crippen molar-refractivity contribution in [3.63, 3.8) is 0 Å². The van der Waals surface area contributed by atoms with Gasteiger partial charge in [0, 0.05) is 29.5 Å². The molecule has 11 heteroatoms. The number of benzene rings is 3. The van der Waals surface area contributed by atoms with Gasteiger partial charge in [-0.3, -0.25) is 14.9 Å². The molecule has 3 aromatic carbocycles. The summed E-state index contributed by atoms with van der Waals surface area (Å²) in [6.07, 6.45) is 2.93. The molecule has 0 spiro atoms. The van der Waals surface area contributed by atoms with Crippen molar-refractivity contribution in [1.82, 2.24) is 14.8 Å². The number of methoxy groups -OCH3 is 1. The molecule has 11 nitrogen and oxygen atoms in total. The Morgan fingerprint density at radius 2 is 1.83 bits per heavy atom. The van der Waals surface area contributed by atoms with E-state index in [9.17, 15) is 14.9 Å². The molecular weight excluding hydrogens is 466 g/mol. The molecule has 0 saturated heterocycles. The number of fused-ring (bicyclic) bond motifs is 1.